The van der Waals surface area contributed by atoms with Crippen molar-refractivity contribution < 1.29 is 33.3 Å². The molecule has 0 radical (unpaired) electrons. The summed E-state index contributed by atoms with van der Waals surface area (Å²) >= 11 is 0. The second-order valence-electron chi connectivity index (χ2n) is 6.49. The minimum Gasteiger partial charge on any atom is -0.493 e. The monoisotopic (exact) mass is 379 g/mol. The minimum absolute atomic E-state index is 0.0512. The van der Waals surface area contributed by atoms with Gasteiger partial charge in [0, 0.05) is 6.07 Å². The molecule has 8 nitrogen and oxygen atoms in total. The van der Waals surface area contributed by atoms with Crippen molar-refractivity contribution in [2.75, 3.05) is 32.8 Å². The molecule has 27 heavy (non-hydrogen) atoms. The van der Waals surface area contributed by atoms with Gasteiger partial charge in [-0.1, -0.05) is 20.8 Å². The summed E-state index contributed by atoms with van der Waals surface area (Å²) in [6.45, 7) is 5.80. The number of nitrogens with zero attached hydrogens (tertiary/aromatic N) is 1. The van der Waals surface area contributed by atoms with Crippen LogP contribution in [0.1, 0.15) is 37.6 Å². The highest BCUT2D eigenvalue weighted by Crippen LogP contribution is 2.48. The average molecular weight is 379 g/mol. The summed E-state index contributed by atoms with van der Waals surface area (Å²) in [5, 5.41) is 0. The third-order valence-electron chi connectivity index (χ3n) is 4.24. The quantitative estimate of drug-likeness (QED) is 0.505. The number of amides is 1. The second kappa shape index (κ2) is 8.28. The summed E-state index contributed by atoms with van der Waals surface area (Å²) in [6.07, 6.45) is 0.284. The maximum atomic E-state index is 12.7. The van der Waals surface area contributed by atoms with E-state index in [0.717, 1.165) is 4.90 Å². The normalized spacial score (nSPS) is 14.3. The molecule has 1 atom stereocenters. The van der Waals surface area contributed by atoms with Gasteiger partial charge in [0.25, 0.3) is 11.7 Å². The zero-order chi connectivity index (χ0) is 20.3. The van der Waals surface area contributed by atoms with Gasteiger partial charge in [-0.2, -0.15) is 0 Å². The summed E-state index contributed by atoms with van der Waals surface area (Å²) in [5.41, 5.74) is 0.295. The summed E-state index contributed by atoms with van der Waals surface area (Å²) in [4.78, 5) is 39.1. The third kappa shape index (κ3) is 3.56. The van der Waals surface area contributed by atoms with Crippen molar-refractivity contribution in [2.45, 2.75) is 33.2 Å². The molecule has 0 aromatic heterocycles. The van der Waals surface area contributed by atoms with Gasteiger partial charge >= 0.3 is 5.97 Å². The van der Waals surface area contributed by atoms with E-state index in [0.29, 0.717) is 0 Å². The summed E-state index contributed by atoms with van der Waals surface area (Å²) in [5.74, 6) is -1.40. The lowest BCUT2D eigenvalue weighted by Gasteiger charge is -2.26. The van der Waals surface area contributed by atoms with Crippen molar-refractivity contribution >= 4 is 23.3 Å². The number of anilines is 1. The fourth-order valence-electron chi connectivity index (χ4n) is 2.99. The fourth-order valence-corrected chi connectivity index (χ4v) is 2.99. The van der Waals surface area contributed by atoms with Gasteiger partial charge in [-0.25, -0.2) is 4.79 Å². The lowest BCUT2D eigenvalue weighted by molar-refractivity contribution is -0.147. The number of esters is 1. The Morgan fingerprint density at radius 2 is 1.70 bits per heavy atom. The van der Waals surface area contributed by atoms with E-state index in [1.807, 2.05) is 13.8 Å². The number of benzene rings is 1. The lowest BCUT2D eigenvalue weighted by atomic mass is 10.1. The maximum absolute atomic E-state index is 12.7. The van der Waals surface area contributed by atoms with Gasteiger partial charge in [0.1, 0.15) is 6.04 Å². The number of methoxy groups -OCH3 is 3. The summed E-state index contributed by atoms with van der Waals surface area (Å²) in [7, 11) is 4.21. The highest BCUT2D eigenvalue weighted by Gasteiger charge is 2.46. The van der Waals surface area contributed by atoms with Gasteiger partial charge < -0.3 is 18.9 Å². The first-order valence-electron chi connectivity index (χ1n) is 8.69. The van der Waals surface area contributed by atoms with Crippen LogP contribution in [0, 0.1) is 5.92 Å². The van der Waals surface area contributed by atoms with E-state index in [2.05, 4.69) is 0 Å². The van der Waals surface area contributed by atoms with E-state index in [-0.39, 0.29) is 47.4 Å². The Labute approximate surface area is 158 Å². The molecule has 0 aliphatic carbocycles. The van der Waals surface area contributed by atoms with Crippen LogP contribution >= 0.6 is 0 Å². The molecule has 0 bridgehead atoms. The molecule has 1 amide bonds. The van der Waals surface area contributed by atoms with Gasteiger partial charge in [-0.05, 0) is 12.3 Å². The number of fused-ring (bicyclic) bond motifs is 1. The van der Waals surface area contributed by atoms with Crippen LogP contribution < -0.4 is 19.1 Å². The number of Topliss-reactive ketones (excluding diaryl/α,β-unsaturated/α-hetero) is 1. The number of ketones is 1. The summed E-state index contributed by atoms with van der Waals surface area (Å²) < 4.78 is 21.2. The topological polar surface area (TPSA) is 91.4 Å². The Morgan fingerprint density at radius 3 is 2.19 bits per heavy atom. The molecule has 148 valence electrons. The molecule has 1 heterocycles. The Bertz CT molecular complexity index is 757. The van der Waals surface area contributed by atoms with Crippen LogP contribution in [-0.2, 0) is 14.3 Å². The lowest BCUT2D eigenvalue weighted by Crippen LogP contribution is -2.45. The van der Waals surface area contributed by atoms with Crippen molar-refractivity contribution in [2.24, 2.45) is 5.92 Å². The van der Waals surface area contributed by atoms with Gasteiger partial charge in [-0.15, -0.1) is 0 Å². The fraction of sp³-hybridized carbons (Fsp3) is 0.526. The maximum Gasteiger partial charge on any atom is 0.329 e. The Hall–Kier alpha value is -2.77. The molecule has 1 aliphatic heterocycles. The molecule has 1 aromatic rings. The molecule has 0 N–H and O–H groups in total. The van der Waals surface area contributed by atoms with Crippen LogP contribution in [0.4, 0.5) is 5.69 Å². The number of rotatable bonds is 8. The molecule has 0 fully saturated rings. The van der Waals surface area contributed by atoms with Crippen LogP contribution in [-0.4, -0.2) is 51.6 Å². The van der Waals surface area contributed by atoms with Crippen LogP contribution in [0.5, 0.6) is 17.2 Å². The SMILES string of the molecule is CCC(C(=O)OCC(C)C)N1C(=O)C(=O)c2c1cc(OC)c(OC)c2OC. The first-order valence-corrected chi connectivity index (χ1v) is 8.69. The summed E-state index contributed by atoms with van der Waals surface area (Å²) in [6, 6.07) is 0.571. The van der Waals surface area contributed by atoms with Crippen LogP contribution in [0.3, 0.4) is 0 Å². The molecule has 2 rings (SSSR count). The molecule has 0 saturated carbocycles. The van der Waals surface area contributed by atoms with Crippen molar-refractivity contribution in [3.63, 3.8) is 0 Å². The Morgan fingerprint density at radius 1 is 1.07 bits per heavy atom. The van der Waals surface area contributed by atoms with E-state index in [1.165, 1.54) is 27.4 Å². The van der Waals surface area contributed by atoms with E-state index >= 15 is 0 Å². The van der Waals surface area contributed by atoms with Crippen molar-refractivity contribution in [1.29, 1.82) is 0 Å². The number of carbonyl (C=O) groups excluding carboxylic acids is 3. The van der Waals surface area contributed by atoms with Gasteiger partial charge in [0.15, 0.2) is 11.5 Å². The van der Waals surface area contributed by atoms with Crippen molar-refractivity contribution in [3.8, 4) is 17.2 Å². The van der Waals surface area contributed by atoms with Crippen LogP contribution in [0.15, 0.2) is 6.07 Å². The smallest absolute Gasteiger partial charge is 0.329 e. The average Bonchev–Trinajstić information content (AvgIpc) is 2.90. The third-order valence-corrected chi connectivity index (χ3v) is 4.24. The van der Waals surface area contributed by atoms with E-state index < -0.39 is 23.7 Å². The number of carbonyl (C=O) groups is 3. The molecular formula is C19H25NO7. The Balaban J connectivity index is 2.58. The van der Waals surface area contributed by atoms with Crippen LogP contribution in [0.25, 0.3) is 0 Å². The molecule has 1 aliphatic rings. The zero-order valence-corrected chi connectivity index (χ0v) is 16.5. The molecule has 0 spiro atoms. The predicted octanol–water partition coefficient (Wildman–Crippen LogP) is 2.22. The zero-order valence-electron chi connectivity index (χ0n) is 16.5. The minimum atomic E-state index is -0.927. The number of hydrogen-bond acceptors (Lipinski definition) is 7. The molecule has 1 aromatic carbocycles. The number of hydrogen-bond donors (Lipinski definition) is 0. The van der Waals surface area contributed by atoms with E-state index in [4.69, 9.17) is 18.9 Å². The predicted molar refractivity (Wildman–Crippen MR) is 97.8 cm³/mol. The largest absolute Gasteiger partial charge is 0.493 e. The van der Waals surface area contributed by atoms with Crippen molar-refractivity contribution in [1.82, 2.24) is 0 Å². The first kappa shape index (κ1) is 20.5. The van der Waals surface area contributed by atoms with Gasteiger partial charge in [0.2, 0.25) is 5.75 Å². The second-order valence-corrected chi connectivity index (χ2v) is 6.49. The molecule has 0 saturated heterocycles. The van der Waals surface area contributed by atoms with Gasteiger partial charge in [0.05, 0.1) is 39.2 Å². The van der Waals surface area contributed by atoms with Crippen LogP contribution in [0.2, 0.25) is 0 Å². The highest BCUT2D eigenvalue weighted by atomic mass is 16.5. The Kier molecular flexibility index (Phi) is 6.30. The molecule has 1 unspecified atom stereocenters. The first-order chi connectivity index (χ1) is 12.8. The standard InChI is InChI=1S/C19H25NO7/c1-7-11(19(23)27-9-10(2)3)20-12-8-13(24-4)16(25-5)17(26-6)14(12)15(21)18(20)22/h8,10-11H,7,9H2,1-6H3. The molecule has 8 heteroatoms. The molecular weight excluding hydrogens is 354 g/mol. The van der Waals surface area contributed by atoms with Crippen molar-refractivity contribution in [3.05, 3.63) is 11.6 Å². The van der Waals surface area contributed by atoms with E-state index in [1.54, 1.807) is 6.92 Å². The van der Waals surface area contributed by atoms with Gasteiger partial charge in [-0.3, -0.25) is 14.5 Å². The number of ether oxygens (including phenoxy) is 4. The van der Waals surface area contributed by atoms with E-state index in [9.17, 15) is 14.4 Å². The highest BCUT2D eigenvalue weighted by molar-refractivity contribution is 6.53.